The lowest BCUT2D eigenvalue weighted by molar-refractivity contribution is 0.514. The summed E-state index contributed by atoms with van der Waals surface area (Å²) in [4.78, 5) is 12.0. The van der Waals surface area contributed by atoms with Crippen molar-refractivity contribution in [1.29, 1.82) is 0 Å². The second kappa shape index (κ2) is 4.27. The van der Waals surface area contributed by atoms with Crippen LogP contribution in [0.3, 0.4) is 0 Å². The third-order valence-corrected chi connectivity index (χ3v) is 3.86. The van der Waals surface area contributed by atoms with Gasteiger partial charge < -0.3 is 0 Å². The molecule has 1 aromatic heterocycles. The van der Waals surface area contributed by atoms with Crippen LogP contribution >= 0.6 is 17.3 Å². The molecule has 92 valence electrons. The van der Waals surface area contributed by atoms with Gasteiger partial charge in [0, 0.05) is 19.4 Å². The van der Waals surface area contributed by atoms with Crippen LogP contribution in [0.15, 0.2) is 4.79 Å². The molecule has 0 spiro atoms. The summed E-state index contributed by atoms with van der Waals surface area (Å²) in [5.74, 6) is 0. The van der Waals surface area contributed by atoms with Gasteiger partial charge in [0.25, 0.3) is 5.56 Å². The van der Waals surface area contributed by atoms with E-state index >= 15 is 0 Å². The Morgan fingerprint density at radius 3 is 1.94 bits per heavy atom. The fraction of sp³-hybridized carbons (Fsp3) is 0.727. The third-order valence-electron chi connectivity index (χ3n) is 2.49. The highest BCUT2D eigenvalue weighted by Gasteiger charge is 2.31. The van der Waals surface area contributed by atoms with Crippen LogP contribution in [-0.2, 0) is 10.8 Å². The zero-order valence-electron chi connectivity index (χ0n) is 10.9. The van der Waals surface area contributed by atoms with Crippen LogP contribution < -0.4 is 5.56 Å². The molecule has 5 heteroatoms. The fourth-order valence-electron chi connectivity index (χ4n) is 1.94. The van der Waals surface area contributed by atoms with E-state index in [0.717, 1.165) is 11.3 Å². The Morgan fingerprint density at radius 2 is 1.62 bits per heavy atom. The van der Waals surface area contributed by atoms with Crippen LogP contribution in [0.25, 0.3) is 0 Å². The predicted octanol–water partition coefficient (Wildman–Crippen LogP) is 3.00. The smallest absolute Gasteiger partial charge is 0.268 e. The van der Waals surface area contributed by atoms with E-state index in [1.165, 1.54) is 0 Å². The molecular weight excluding hydrogens is 238 g/mol. The van der Waals surface area contributed by atoms with Gasteiger partial charge in [0.2, 0.25) is 0 Å². The van der Waals surface area contributed by atoms with Crippen molar-refractivity contribution in [3.05, 3.63) is 21.6 Å². The van der Waals surface area contributed by atoms with E-state index in [1.807, 2.05) is 4.45 Å². The van der Waals surface area contributed by atoms with Gasteiger partial charge in [-0.3, -0.25) is 14.3 Å². The molecule has 2 atom stereocenters. The molecule has 2 unspecified atom stereocenters. The standard InChI is InChI=1S/C11H22N2OP2/c1-10(2,3)7-8(11(4,5)6)13(16-15)12-9(7)14/h16H,15H2,1-6H3,(H,12,14). The highest BCUT2D eigenvalue weighted by atomic mass is 32.0. The first-order valence-electron chi connectivity index (χ1n) is 5.41. The summed E-state index contributed by atoms with van der Waals surface area (Å²) in [6, 6.07) is 0. The molecule has 0 radical (unpaired) electrons. The molecule has 0 bridgehead atoms. The normalized spacial score (nSPS) is 13.9. The van der Waals surface area contributed by atoms with Gasteiger partial charge in [-0.25, -0.2) is 0 Å². The van der Waals surface area contributed by atoms with Crippen molar-refractivity contribution in [3.8, 4) is 0 Å². The Hall–Kier alpha value is -0.130. The minimum absolute atomic E-state index is 0.0225. The zero-order valence-corrected chi connectivity index (χ0v) is 13.1. The second-order valence-electron chi connectivity index (χ2n) is 6.13. The molecule has 0 saturated heterocycles. The average Bonchev–Trinajstić information content (AvgIpc) is 2.40. The molecule has 1 aromatic rings. The Bertz CT molecular complexity index is 432. The number of hydrogen-bond donors (Lipinski definition) is 1. The van der Waals surface area contributed by atoms with E-state index in [9.17, 15) is 4.79 Å². The minimum Gasteiger partial charge on any atom is -0.268 e. The summed E-state index contributed by atoms with van der Waals surface area (Å²) in [6.45, 7) is 12.7. The van der Waals surface area contributed by atoms with Crippen molar-refractivity contribution in [2.75, 3.05) is 0 Å². The molecule has 0 fully saturated rings. The first kappa shape index (κ1) is 13.9. The van der Waals surface area contributed by atoms with Crippen LogP contribution in [0, 0.1) is 0 Å². The molecule has 3 nitrogen and oxygen atoms in total. The molecule has 1 heterocycles. The SMILES string of the molecule is CC(C)(C)c1c(C(C)(C)C)n(PP)[nH]c1=O. The van der Waals surface area contributed by atoms with Gasteiger partial charge in [-0.05, 0) is 5.41 Å². The maximum Gasteiger partial charge on any atom is 0.268 e. The Balaban J connectivity index is 3.61. The average molecular weight is 260 g/mol. The minimum atomic E-state index is -0.119. The van der Waals surface area contributed by atoms with Gasteiger partial charge in [-0.2, -0.15) is 0 Å². The van der Waals surface area contributed by atoms with Crippen molar-refractivity contribution in [3.63, 3.8) is 0 Å². The number of nitrogens with zero attached hydrogens (tertiary/aromatic N) is 1. The summed E-state index contributed by atoms with van der Waals surface area (Å²) in [7, 11) is 3.16. The Kier molecular flexibility index (Phi) is 3.72. The second-order valence-corrected chi connectivity index (χ2v) is 7.61. The molecule has 0 aliphatic carbocycles. The summed E-state index contributed by atoms with van der Waals surface area (Å²) in [6.07, 6.45) is 0. The summed E-state index contributed by atoms with van der Waals surface area (Å²) in [5.41, 5.74) is 1.94. The van der Waals surface area contributed by atoms with Crippen molar-refractivity contribution in [2.45, 2.75) is 52.4 Å². The van der Waals surface area contributed by atoms with Crippen LogP contribution in [0.4, 0.5) is 0 Å². The van der Waals surface area contributed by atoms with Crippen LogP contribution in [0.5, 0.6) is 0 Å². The molecule has 0 aromatic carbocycles. The van der Waals surface area contributed by atoms with Crippen LogP contribution in [-0.4, -0.2) is 9.55 Å². The lowest BCUT2D eigenvalue weighted by Gasteiger charge is -2.26. The van der Waals surface area contributed by atoms with E-state index in [2.05, 4.69) is 55.6 Å². The Labute approximate surface area is 101 Å². The number of rotatable bonds is 1. The molecule has 16 heavy (non-hydrogen) atoms. The maximum absolute atomic E-state index is 12.0. The van der Waals surface area contributed by atoms with E-state index in [1.54, 1.807) is 0 Å². The Morgan fingerprint density at radius 1 is 1.12 bits per heavy atom. The zero-order chi connectivity index (χ0) is 12.7. The fourth-order valence-corrected chi connectivity index (χ4v) is 3.26. The molecule has 0 aliphatic heterocycles. The number of H-pyrrole nitrogens is 1. The number of aromatic amines is 1. The van der Waals surface area contributed by atoms with Gasteiger partial charge in [-0.1, -0.05) is 50.5 Å². The molecular formula is C11H22N2OP2. The van der Waals surface area contributed by atoms with Gasteiger partial charge in [0.15, 0.2) is 0 Å². The highest BCUT2D eigenvalue weighted by Crippen LogP contribution is 2.36. The lowest BCUT2D eigenvalue weighted by atomic mass is 9.80. The molecule has 1 N–H and O–H groups in total. The third kappa shape index (κ3) is 2.57. The summed E-state index contributed by atoms with van der Waals surface area (Å²) in [5, 5.41) is 2.93. The van der Waals surface area contributed by atoms with Crippen LogP contribution in [0.1, 0.15) is 52.8 Å². The van der Waals surface area contributed by atoms with Crippen LogP contribution in [0.2, 0.25) is 0 Å². The van der Waals surface area contributed by atoms with Crippen molar-refractivity contribution in [1.82, 2.24) is 9.55 Å². The van der Waals surface area contributed by atoms with Crippen molar-refractivity contribution < 1.29 is 0 Å². The van der Waals surface area contributed by atoms with Gasteiger partial charge in [-0.15, -0.1) is 0 Å². The maximum atomic E-state index is 12.0. The van der Waals surface area contributed by atoms with E-state index in [4.69, 9.17) is 0 Å². The van der Waals surface area contributed by atoms with Crippen molar-refractivity contribution >= 4 is 17.3 Å². The van der Waals surface area contributed by atoms with Gasteiger partial charge in [0.1, 0.15) is 0 Å². The predicted molar refractivity (Wildman–Crippen MR) is 75.9 cm³/mol. The highest BCUT2D eigenvalue weighted by molar-refractivity contribution is 8.01. The lowest BCUT2D eigenvalue weighted by Crippen LogP contribution is -2.26. The topological polar surface area (TPSA) is 37.8 Å². The monoisotopic (exact) mass is 260 g/mol. The first-order chi connectivity index (χ1) is 7.09. The first-order valence-corrected chi connectivity index (χ1v) is 8.17. The molecule has 0 saturated carbocycles. The number of nitrogens with one attached hydrogen (secondary N) is 1. The summed E-state index contributed by atoms with van der Waals surface area (Å²) < 4.78 is 1.97. The van der Waals surface area contributed by atoms with Gasteiger partial charge in [0.05, 0.1) is 5.69 Å². The largest absolute Gasteiger partial charge is 0.268 e. The van der Waals surface area contributed by atoms with E-state index in [0.29, 0.717) is 8.42 Å². The van der Waals surface area contributed by atoms with Gasteiger partial charge >= 0.3 is 0 Å². The summed E-state index contributed by atoms with van der Waals surface area (Å²) >= 11 is 0. The molecule has 0 aliphatic rings. The molecule has 0 amide bonds. The molecule has 1 rings (SSSR count). The number of aromatic nitrogens is 2. The quantitative estimate of drug-likeness (QED) is 0.774. The van der Waals surface area contributed by atoms with Crippen molar-refractivity contribution in [2.24, 2.45) is 0 Å². The van der Waals surface area contributed by atoms with E-state index in [-0.39, 0.29) is 16.4 Å². The van der Waals surface area contributed by atoms with E-state index < -0.39 is 0 Å². The number of hydrogen-bond acceptors (Lipinski definition) is 1.